The van der Waals surface area contributed by atoms with Crippen LogP contribution in [-0.2, 0) is 6.54 Å². The molecule has 1 aromatic heterocycles. The van der Waals surface area contributed by atoms with E-state index in [0.717, 1.165) is 55.9 Å². The monoisotopic (exact) mass is 300 g/mol. The first-order chi connectivity index (χ1) is 10.7. The molecule has 0 saturated carbocycles. The smallest absolute Gasteiger partial charge is 0.270 e. The SMILES string of the molecule is CCN1CCN(Cc2ccc3cc([N+](=O)[O-])ccc3n2)CC1. The highest BCUT2D eigenvalue weighted by Crippen LogP contribution is 2.20. The molecule has 1 aliphatic heterocycles. The van der Waals surface area contributed by atoms with Crippen molar-refractivity contribution in [3.05, 3.63) is 46.1 Å². The van der Waals surface area contributed by atoms with Crippen LogP contribution >= 0.6 is 0 Å². The Bertz CT molecular complexity index is 681. The number of nitrogens with zero attached hydrogens (tertiary/aromatic N) is 4. The number of likely N-dealkylation sites (N-methyl/N-ethyl adjacent to an activating group) is 1. The van der Waals surface area contributed by atoms with Gasteiger partial charge in [0, 0.05) is 50.2 Å². The molecule has 1 aliphatic rings. The van der Waals surface area contributed by atoms with Crippen LogP contribution < -0.4 is 0 Å². The molecule has 2 heterocycles. The van der Waals surface area contributed by atoms with Crippen molar-refractivity contribution < 1.29 is 4.92 Å². The number of nitro benzene ring substituents is 1. The van der Waals surface area contributed by atoms with Gasteiger partial charge < -0.3 is 4.90 Å². The van der Waals surface area contributed by atoms with Crippen LogP contribution in [-0.4, -0.2) is 52.4 Å². The molecular formula is C16H20N4O2. The third-order valence-corrected chi connectivity index (χ3v) is 4.24. The van der Waals surface area contributed by atoms with E-state index in [-0.39, 0.29) is 10.6 Å². The molecule has 0 N–H and O–H groups in total. The fourth-order valence-electron chi connectivity index (χ4n) is 2.85. The third kappa shape index (κ3) is 3.23. The zero-order valence-corrected chi connectivity index (χ0v) is 12.7. The quantitative estimate of drug-likeness (QED) is 0.640. The van der Waals surface area contributed by atoms with Crippen molar-refractivity contribution in [2.45, 2.75) is 13.5 Å². The van der Waals surface area contributed by atoms with E-state index in [1.807, 2.05) is 12.1 Å². The molecule has 1 aromatic carbocycles. The van der Waals surface area contributed by atoms with E-state index in [0.29, 0.717) is 0 Å². The summed E-state index contributed by atoms with van der Waals surface area (Å²) in [6, 6.07) is 8.71. The van der Waals surface area contributed by atoms with Crippen LogP contribution in [0.3, 0.4) is 0 Å². The van der Waals surface area contributed by atoms with Gasteiger partial charge in [-0.2, -0.15) is 0 Å². The minimum absolute atomic E-state index is 0.109. The van der Waals surface area contributed by atoms with Gasteiger partial charge in [0.05, 0.1) is 16.1 Å². The molecule has 0 aliphatic carbocycles. The number of nitro groups is 1. The lowest BCUT2D eigenvalue weighted by Gasteiger charge is -2.33. The number of fused-ring (bicyclic) bond motifs is 1. The molecule has 0 atom stereocenters. The van der Waals surface area contributed by atoms with Gasteiger partial charge in [-0.15, -0.1) is 0 Å². The highest BCUT2D eigenvalue weighted by molar-refractivity contribution is 5.81. The number of pyridine rings is 1. The van der Waals surface area contributed by atoms with Crippen molar-refractivity contribution >= 4 is 16.6 Å². The zero-order chi connectivity index (χ0) is 15.5. The van der Waals surface area contributed by atoms with Crippen molar-refractivity contribution in [3.63, 3.8) is 0 Å². The predicted molar refractivity (Wildman–Crippen MR) is 85.8 cm³/mol. The van der Waals surface area contributed by atoms with Crippen molar-refractivity contribution in [1.29, 1.82) is 0 Å². The average Bonchev–Trinajstić information content (AvgIpc) is 2.55. The number of hydrogen-bond donors (Lipinski definition) is 0. The van der Waals surface area contributed by atoms with Crippen molar-refractivity contribution in [1.82, 2.24) is 14.8 Å². The van der Waals surface area contributed by atoms with Crippen molar-refractivity contribution in [3.8, 4) is 0 Å². The Morgan fingerprint density at radius 3 is 2.55 bits per heavy atom. The lowest BCUT2D eigenvalue weighted by molar-refractivity contribution is -0.384. The summed E-state index contributed by atoms with van der Waals surface area (Å²) in [5.74, 6) is 0. The molecule has 0 amide bonds. The van der Waals surface area contributed by atoms with E-state index in [4.69, 9.17) is 0 Å². The van der Waals surface area contributed by atoms with Crippen LogP contribution in [0.25, 0.3) is 10.9 Å². The van der Waals surface area contributed by atoms with E-state index in [1.54, 1.807) is 12.1 Å². The van der Waals surface area contributed by atoms with Crippen LogP contribution in [0.1, 0.15) is 12.6 Å². The molecule has 1 fully saturated rings. The molecule has 6 nitrogen and oxygen atoms in total. The summed E-state index contributed by atoms with van der Waals surface area (Å²) in [5.41, 5.74) is 1.94. The Morgan fingerprint density at radius 1 is 1.14 bits per heavy atom. The van der Waals surface area contributed by atoms with Crippen LogP contribution in [0.4, 0.5) is 5.69 Å². The Labute approximate surface area is 129 Å². The molecule has 0 radical (unpaired) electrons. The molecule has 6 heteroatoms. The Morgan fingerprint density at radius 2 is 1.86 bits per heavy atom. The Hall–Kier alpha value is -2.05. The third-order valence-electron chi connectivity index (χ3n) is 4.24. The van der Waals surface area contributed by atoms with Gasteiger partial charge in [0.15, 0.2) is 0 Å². The van der Waals surface area contributed by atoms with Gasteiger partial charge in [0.25, 0.3) is 5.69 Å². The molecule has 0 spiro atoms. The van der Waals surface area contributed by atoms with Gasteiger partial charge in [0.1, 0.15) is 0 Å². The fraction of sp³-hybridized carbons (Fsp3) is 0.438. The number of hydrogen-bond acceptors (Lipinski definition) is 5. The second-order valence-electron chi connectivity index (χ2n) is 5.65. The van der Waals surface area contributed by atoms with Crippen LogP contribution in [0.5, 0.6) is 0 Å². The normalized spacial score (nSPS) is 17.0. The molecule has 2 aromatic rings. The Balaban J connectivity index is 1.72. The number of benzene rings is 1. The van der Waals surface area contributed by atoms with E-state index in [1.165, 1.54) is 6.07 Å². The van der Waals surface area contributed by atoms with Crippen LogP contribution in [0, 0.1) is 10.1 Å². The standard InChI is InChI=1S/C16H20N4O2/c1-2-18-7-9-19(10-8-18)12-14-4-3-13-11-15(20(21)22)5-6-16(13)17-14/h3-6,11H,2,7-10,12H2,1H3. The minimum atomic E-state index is -0.374. The summed E-state index contributed by atoms with van der Waals surface area (Å²) in [6.07, 6.45) is 0. The summed E-state index contributed by atoms with van der Waals surface area (Å²) in [5, 5.41) is 11.6. The molecular weight excluding hydrogens is 280 g/mol. The van der Waals surface area contributed by atoms with Gasteiger partial charge in [-0.3, -0.25) is 20.0 Å². The molecule has 116 valence electrons. The summed E-state index contributed by atoms with van der Waals surface area (Å²) in [6.45, 7) is 8.49. The van der Waals surface area contributed by atoms with Crippen molar-refractivity contribution in [2.75, 3.05) is 32.7 Å². The first kappa shape index (κ1) is 14.9. The van der Waals surface area contributed by atoms with Gasteiger partial charge in [-0.1, -0.05) is 13.0 Å². The van der Waals surface area contributed by atoms with Gasteiger partial charge in [0.2, 0.25) is 0 Å². The number of rotatable bonds is 4. The molecule has 1 saturated heterocycles. The van der Waals surface area contributed by atoms with E-state index in [2.05, 4.69) is 21.7 Å². The highest BCUT2D eigenvalue weighted by Gasteiger charge is 2.16. The van der Waals surface area contributed by atoms with Crippen molar-refractivity contribution in [2.24, 2.45) is 0 Å². The second kappa shape index (κ2) is 6.37. The van der Waals surface area contributed by atoms with E-state index >= 15 is 0 Å². The number of aromatic nitrogens is 1. The first-order valence-corrected chi connectivity index (χ1v) is 7.64. The van der Waals surface area contributed by atoms with E-state index in [9.17, 15) is 10.1 Å². The topological polar surface area (TPSA) is 62.5 Å². The van der Waals surface area contributed by atoms with E-state index < -0.39 is 0 Å². The Kier molecular flexibility index (Phi) is 4.31. The summed E-state index contributed by atoms with van der Waals surface area (Å²) in [4.78, 5) is 19.9. The maximum Gasteiger partial charge on any atom is 0.270 e. The minimum Gasteiger partial charge on any atom is -0.301 e. The largest absolute Gasteiger partial charge is 0.301 e. The lowest BCUT2D eigenvalue weighted by atomic mass is 10.1. The molecule has 0 unspecified atom stereocenters. The summed E-state index contributed by atoms with van der Waals surface area (Å²) < 4.78 is 0. The maximum atomic E-state index is 10.8. The lowest BCUT2D eigenvalue weighted by Crippen LogP contribution is -2.45. The summed E-state index contributed by atoms with van der Waals surface area (Å²) in [7, 11) is 0. The average molecular weight is 300 g/mol. The number of non-ortho nitro benzene ring substituents is 1. The molecule has 3 rings (SSSR count). The van der Waals surface area contributed by atoms with Gasteiger partial charge in [-0.25, -0.2) is 0 Å². The van der Waals surface area contributed by atoms with Gasteiger partial charge >= 0.3 is 0 Å². The first-order valence-electron chi connectivity index (χ1n) is 7.64. The summed E-state index contributed by atoms with van der Waals surface area (Å²) >= 11 is 0. The zero-order valence-electron chi connectivity index (χ0n) is 12.7. The highest BCUT2D eigenvalue weighted by atomic mass is 16.6. The molecule has 0 bridgehead atoms. The van der Waals surface area contributed by atoms with Crippen LogP contribution in [0.2, 0.25) is 0 Å². The second-order valence-corrected chi connectivity index (χ2v) is 5.65. The van der Waals surface area contributed by atoms with Gasteiger partial charge in [-0.05, 0) is 18.7 Å². The fourth-order valence-corrected chi connectivity index (χ4v) is 2.85. The predicted octanol–water partition coefficient (Wildman–Crippen LogP) is 2.28. The molecule has 22 heavy (non-hydrogen) atoms. The maximum absolute atomic E-state index is 10.8. The number of piperazine rings is 1. The van der Waals surface area contributed by atoms with Crippen LogP contribution in [0.15, 0.2) is 30.3 Å².